The number of hydrogen-bond donors (Lipinski definition) is 5. The van der Waals surface area contributed by atoms with Crippen LogP contribution in [0.15, 0.2) is 0 Å². The Morgan fingerprint density at radius 2 is 1.74 bits per heavy atom. The van der Waals surface area contributed by atoms with Gasteiger partial charge in [0.1, 0.15) is 0 Å². The van der Waals surface area contributed by atoms with Crippen molar-refractivity contribution in [2.24, 2.45) is 0 Å². The van der Waals surface area contributed by atoms with Crippen molar-refractivity contribution in [1.29, 1.82) is 0 Å². The van der Waals surface area contributed by atoms with Crippen LogP contribution in [-0.2, 0) is 9.13 Å². The standard InChI is InChI=1S/C9H21NO6P2S/c1-8(19)4-7-10-6-3-2-5-9(10,17(11,12)13)18(14,15)16/h8,19H,2-7H2,1H3,(H2,11,12,13)(H2,14,15,16). The molecule has 1 aliphatic heterocycles. The Balaban J connectivity index is 3.17. The van der Waals surface area contributed by atoms with Crippen molar-refractivity contribution in [2.75, 3.05) is 13.1 Å². The Hall–Kier alpha value is 0.610. The summed E-state index contributed by atoms with van der Waals surface area (Å²) in [5.41, 5.74) is 0. The zero-order valence-electron chi connectivity index (χ0n) is 10.7. The van der Waals surface area contributed by atoms with Crippen molar-refractivity contribution in [1.82, 2.24) is 4.90 Å². The van der Waals surface area contributed by atoms with Gasteiger partial charge in [0.2, 0.25) is 5.02 Å². The van der Waals surface area contributed by atoms with Gasteiger partial charge in [-0.1, -0.05) is 6.92 Å². The Morgan fingerprint density at radius 1 is 1.21 bits per heavy atom. The topological polar surface area (TPSA) is 118 Å². The van der Waals surface area contributed by atoms with Crippen molar-refractivity contribution in [2.45, 2.75) is 42.9 Å². The predicted molar refractivity (Wildman–Crippen MR) is 75.3 cm³/mol. The van der Waals surface area contributed by atoms with Crippen molar-refractivity contribution in [3.63, 3.8) is 0 Å². The van der Waals surface area contributed by atoms with Gasteiger partial charge in [-0.2, -0.15) is 12.6 Å². The average molecular weight is 333 g/mol. The molecule has 1 fully saturated rings. The van der Waals surface area contributed by atoms with Crippen molar-refractivity contribution in [3.05, 3.63) is 0 Å². The van der Waals surface area contributed by atoms with Gasteiger partial charge in [-0.3, -0.25) is 14.0 Å². The summed E-state index contributed by atoms with van der Waals surface area (Å²) in [6, 6.07) is 0. The summed E-state index contributed by atoms with van der Waals surface area (Å²) in [5, 5.41) is -2.37. The second-order valence-corrected chi connectivity index (χ2v) is 9.83. The van der Waals surface area contributed by atoms with E-state index in [9.17, 15) is 28.7 Å². The molecule has 0 bridgehead atoms. The molecule has 1 saturated heterocycles. The van der Waals surface area contributed by atoms with E-state index in [0.717, 1.165) is 0 Å². The average Bonchev–Trinajstić information content (AvgIpc) is 2.23. The molecular formula is C9H21NO6P2S. The fourth-order valence-corrected chi connectivity index (χ4v) is 5.97. The third-order valence-electron chi connectivity index (χ3n) is 3.45. The Kier molecular flexibility index (Phi) is 5.73. The second-order valence-electron chi connectivity index (χ2n) is 4.94. The van der Waals surface area contributed by atoms with Gasteiger partial charge in [-0.15, -0.1) is 0 Å². The highest BCUT2D eigenvalue weighted by atomic mass is 32.1. The molecule has 0 aromatic heterocycles. The van der Waals surface area contributed by atoms with Crippen LogP contribution < -0.4 is 0 Å². The van der Waals surface area contributed by atoms with Crippen LogP contribution in [0.1, 0.15) is 32.6 Å². The SMILES string of the molecule is CC(S)CCN1CCCCC1(P(=O)(O)O)P(=O)(O)O. The number of piperidine rings is 1. The van der Waals surface area contributed by atoms with Gasteiger partial charge in [-0.05, 0) is 32.2 Å². The van der Waals surface area contributed by atoms with Crippen molar-refractivity contribution >= 4 is 27.8 Å². The van der Waals surface area contributed by atoms with Crippen LogP contribution in [0.3, 0.4) is 0 Å². The lowest BCUT2D eigenvalue weighted by atomic mass is 10.1. The largest absolute Gasteiger partial charge is 0.358 e. The van der Waals surface area contributed by atoms with E-state index in [-0.39, 0.29) is 24.8 Å². The predicted octanol–water partition coefficient (Wildman–Crippen LogP) is 1.19. The van der Waals surface area contributed by atoms with Gasteiger partial charge < -0.3 is 19.6 Å². The fraction of sp³-hybridized carbons (Fsp3) is 1.00. The third kappa shape index (κ3) is 3.63. The van der Waals surface area contributed by atoms with E-state index in [0.29, 0.717) is 19.3 Å². The molecule has 4 N–H and O–H groups in total. The van der Waals surface area contributed by atoms with E-state index in [4.69, 9.17) is 0 Å². The number of likely N-dealkylation sites (tertiary alicyclic amines) is 1. The molecule has 114 valence electrons. The molecule has 0 aliphatic carbocycles. The highest BCUT2D eigenvalue weighted by Gasteiger charge is 2.64. The van der Waals surface area contributed by atoms with E-state index in [1.165, 1.54) is 4.90 Å². The lowest BCUT2D eigenvalue weighted by Gasteiger charge is -2.46. The van der Waals surface area contributed by atoms with Crippen LogP contribution in [0.5, 0.6) is 0 Å². The fourth-order valence-electron chi connectivity index (χ4n) is 2.46. The van der Waals surface area contributed by atoms with Gasteiger partial charge in [0.05, 0.1) is 0 Å². The van der Waals surface area contributed by atoms with Gasteiger partial charge in [0, 0.05) is 11.8 Å². The summed E-state index contributed by atoms with van der Waals surface area (Å²) >= 11 is 4.18. The number of hydrogen-bond acceptors (Lipinski definition) is 4. The summed E-state index contributed by atoms with van der Waals surface area (Å²) in [6.07, 6.45) is 1.37. The summed E-state index contributed by atoms with van der Waals surface area (Å²) in [5.74, 6) is 0. The van der Waals surface area contributed by atoms with E-state index in [1.807, 2.05) is 6.92 Å². The second kappa shape index (κ2) is 6.16. The summed E-state index contributed by atoms with van der Waals surface area (Å²) in [4.78, 5) is 39.4. The lowest BCUT2D eigenvalue weighted by molar-refractivity contribution is 0.117. The molecule has 0 radical (unpaired) electrons. The number of rotatable bonds is 5. The zero-order chi connectivity index (χ0) is 14.9. The molecule has 0 spiro atoms. The van der Waals surface area contributed by atoms with E-state index < -0.39 is 20.2 Å². The van der Waals surface area contributed by atoms with Crippen molar-refractivity contribution < 1.29 is 28.7 Å². The van der Waals surface area contributed by atoms with E-state index in [1.54, 1.807) is 0 Å². The van der Waals surface area contributed by atoms with Crippen LogP contribution in [0.2, 0.25) is 0 Å². The van der Waals surface area contributed by atoms with E-state index in [2.05, 4.69) is 12.6 Å². The minimum absolute atomic E-state index is 0.00633. The first-order valence-corrected chi connectivity index (χ1v) is 9.81. The summed E-state index contributed by atoms with van der Waals surface area (Å²) < 4.78 is 23.5. The lowest BCUT2D eigenvalue weighted by Crippen LogP contribution is -2.51. The number of thiol groups is 1. The summed E-state index contributed by atoms with van der Waals surface area (Å²) in [6.45, 7) is 2.31. The zero-order valence-corrected chi connectivity index (χ0v) is 13.4. The van der Waals surface area contributed by atoms with Crippen LogP contribution in [0.4, 0.5) is 0 Å². The highest BCUT2D eigenvalue weighted by Crippen LogP contribution is 2.73. The first-order chi connectivity index (χ1) is 8.52. The molecule has 10 heteroatoms. The third-order valence-corrected chi connectivity index (χ3v) is 8.15. The molecule has 0 amide bonds. The quantitative estimate of drug-likeness (QED) is 0.379. The maximum Gasteiger partial charge on any atom is 0.358 e. The smallest absolute Gasteiger partial charge is 0.323 e. The molecule has 19 heavy (non-hydrogen) atoms. The Labute approximate surface area is 118 Å². The molecule has 1 heterocycles. The van der Waals surface area contributed by atoms with Gasteiger partial charge in [0.25, 0.3) is 0 Å². The highest BCUT2D eigenvalue weighted by molar-refractivity contribution is 7.80. The van der Waals surface area contributed by atoms with Crippen LogP contribution in [0.25, 0.3) is 0 Å². The van der Waals surface area contributed by atoms with Gasteiger partial charge in [0.15, 0.2) is 0 Å². The Bertz CT molecular complexity index is 384. The summed E-state index contributed by atoms with van der Waals surface area (Å²) in [7, 11) is -9.94. The van der Waals surface area contributed by atoms with Gasteiger partial charge >= 0.3 is 15.2 Å². The maximum absolute atomic E-state index is 11.8. The molecular weight excluding hydrogens is 312 g/mol. The molecule has 1 unspecified atom stereocenters. The number of nitrogens with zero attached hydrogens (tertiary/aromatic N) is 1. The van der Waals surface area contributed by atoms with Crippen LogP contribution >= 0.6 is 27.8 Å². The molecule has 0 aromatic carbocycles. The minimum atomic E-state index is -4.97. The normalized spacial score (nSPS) is 23.3. The molecule has 1 rings (SSSR count). The molecule has 1 aliphatic rings. The first-order valence-electron chi connectivity index (χ1n) is 6.07. The molecule has 1 atom stereocenters. The van der Waals surface area contributed by atoms with Crippen LogP contribution in [0, 0.1) is 0 Å². The van der Waals surface area contributed by atoms with Gasteiger partial charge in [-0.25, -0.2) is 0 Å². The molecule has 7 nitrogen and oxygen atoms in total. The van der Waals surface area contributed by atoms with Crippen molar-refractivity contribution in [3.8, 4) is 0 Å². The first kappa shape index (κ1) is 17.7. The Morgan fingerprint density at radius 3 is 2.16 bits per heavy atom. The maximum atomic E-state index is 11.8. The van der Waals surface area contributed by atoms with E-state index >= 15 is 0 Å². The monoisotopic (exact) mass is 333 g/mol. The molecule has 0 aromatic rings. The minimum Gasteiger partial charge on any atom is -0.323 e. The van der Waals surface area contributed by atoms with Crippen LogP contribution in [-0.4, -0.2) is 47.8 Å². The molecule has 0 saturated carbocycles.